The van der Waals surface area contributed by atoms with Crippen molar-refractivity contribution in [2.24, 2.45) is 0 Å². The molecule has 1 amide bonds. The molecule has 1 aromatic rings. The molecule has 0 aromatic carbocycles. The molecule has 0 bridgehead atoms. The second kappa shape index (κ2) is 8.25. The predicted molar refractivity (Wildman–Crippen MR) is 83.9 cm³/mol. The maximum absolute atomic E-state index is 12.4. The van der Waals surface area contributed by atoms with Gasteiger partial charge in [-0.2, -0.15) is 5.26 Å². The number of carbonyl (C=O) groups is 1. The molecule has 22 heavy (non-hydrogen) atoms. The zero-order valence-corrected chi connectivity index (χ0v) is 13.5. The number of aliphatic hydroxyl groups excluding tert-OH is 1. The van der Waals surface area contributed by atoms with Crippen molar-refractivity contribution in [3.63, 3.8) is 0 Å². The number of piperazine rings is 1. The van der Waals surface area contributed by atoms with Crippen LogP contribution in [-0.4, -0.2) is 72.9 Å². The number of ether oxygens (including phenoxy) is 1. The molecule has 0 aliphatic carbocycles. The number of nitrogens with zero attached hydrogens (tertiary/aromatic N) is 3. The maximum atomic E-state index is 12.4. The van der Waals surface area contributed by atoms with Gasteiger partial charge in [0.25, 0.3) is 5.91 Å². The highest BCUT2D eigenvalue weighted by atomic mass is 32.1. The van der Waals surface area contributed by atoms with Crippen LogP contribution in [-0.2, 0) is 4.74 Å². The van der Waals surface area contributed by atoms with E-state index in [0.717, 1.165) is 13.1 Å². The zero-order valence-electron chi connectivity index (χ0n) is 12.7. The minimum Gasteiger partial charge on any atom is -0.389 e. The predicted octanol–water partition coefficient (Wildman–Crippen LogP) is 0.775. The molecule has 1 saturated heterocycles. The molecule has 1 aliphatic heterocycles. The highest BCUT2D eigenvalue weighted by Gasteiger charge is 2.25. The molecule has 1 fully saturated rings. The lowest BCUT2D eigenvalue weighted by molar-refractivity contribution is 0.0112. The first-order chi connectivity index (χ1) is 10.7. The van der Waals surface area contributed by atoms with Crippen LogP contribution >= 0.6 is 11.3 Å². The maximum Gasteiger partial charge on any atom is 0.265 e. The third kappa shape index (κ3) is 4.27. The van der Waals surface area contributed by atoms with Gasteiger partial charge in [-0.1, -0.05) is 0 Å². The molecular weight excluding hydrogens is 302 g/mol. The highest BCUT2D eigenvalue weighted by molar-refractivity contribution is 7.12. The van der Waals surface area contributed by atoms with Gasteiger partial charge in [0, 0.05) is 39.3 Å². The van der Waals surface area contributed by atoms with Crippen molar-refractivity contribution in [2.45, 2.75) is 13.0 Å². The van der Waals surface area contributed by atoms with Gasteiger partial charge in [-0.3, -0.25) is 9.69 Å². The average Bonchev–Trinajstić information content (AvgIpc) is 3.01. The van der Waals surface area contributed by atoms with Gasteiger partial charge in [0.2, 0.25) is 0 Å². The quantitative estimate of drug-likeness (QED) is 0.837. The van der Waals surface area contributed by atoms with Crippen LogP contribution in [0.3, 0.4) is 0 Å². The summed E-state index contributed by atoms with van der Waals surface area (Å²) in [5, 5.41) is 20.6. The van der Waals surface area contributed by atoms with Gasteiger partial charge >= 0.3 is 0 Å². The number of nitriles is 1. The Kier molecular flexibility index (Phi) is 6.34. The Morgan fingerprint density at radius 2 is 2.23 bits per heavy atom. The van der Waals surface area contributed by atoms with Gasteiger partial charge < -0.3 is 14.7 Å². The third-order valence-corrected chi connectivity index (χ3v) is 4.53. The summed E-state index contributed by atoms with van der Waals surface area (Å²) in [5.41, 5.74) is 0.449. The number of carbonyl (C=O) groups excluding carboxylic acids is 1. The van der Waals surface area contributed by atoms with E-state index in [1.165, 1.54) is 11.3 Å². The molecular formula is C15H21N3O3S. The van der Waals surface area contributed by atoms with Crippen LogP contribution in [0.2, 0.25) is 0 Å². The smallest absolute Gasteiger partial charge is 0.265 e. The Bertz CT molecular complexity index is 532. The van der Waals surface area contributed by atoms with E-state index in [0.29, 0.717) is 43.3 Å². The Balaban J connectivity index is 1.82. The lowest BCUT2D eigenvalue weighted by atomic mass is 10.2. The van der Waals surface area contributed by atoms with Crippen molar-refractivity contribution in [2.75, 3.05) is 45.9 Å². The molecule has 0 unspecified atom stereocenters. The Hall–Kier alpha value is -1.46. The van der Waals surface area contributed by atoms with Gasteiger partial charge in [-0.25, -0.2) is 0 Å². The highest BCUT2D eigenvalue weighted by Crippen LogP contribution is 2.19. The van der Waals surface area contributed by atoms with E-state index in [4.69, 9.17) is 10.00 Å². The molecule has 2 rings (SSSR count). The van der Waals surface area contributed by atoms with Crippen molar-refractivity contribution >= 4 is 17.2 Å². The SMILES string of the molecule is CCOC[C@@H](O)CN1CCN(C(=O)c2sccc2C#N)CC1. The summed E-state index contributed by atoms with van der Waals surface area (Å²) in [6, 6.07) is 3.73. The van der Waals surface area contributed by atoms with Crippen LogP contribution in [0.25, 0.3) is 0 Å². The lowest BCUT2D eigenvalue weighted by Gasteiger charge is -2.35. The fraction of sp³-hybridized carbons (Fsp3) is 0.600. The molecule has 2 heterocycles. The molecule has 7 heteroatoms. The van der Waals surface area contributed by atoms with Crippen molar-refractivity contribution in [3.05, 3.63) is 21.9 Å². The molecule has 1 aliphatic rings. The standard InChI is InChI=1S/C15H21N3O3S/c1-2-21-11-13(19)10-17-4-6-18(7-5-17)15(20)14-12(9-16)3-8-22-14/h3,8,13,19H,2,4-7,10-11H2,1H3/t13-/m0/s1. The van der Waals surface area contributed by atoms with E-state index >= 15 is 0 Å². The Morgan fingerprint density at radius 3 is 2.86 bits per heavy atom. The summed E-state index contributed by atoms with van der Waals surface area (Å²) < 4.78 is 5.20. The molecule has 0 radical (unpaired) electrons. The van der Waals surface area contributed by atoms with Gasteiger partial charge in [-0.15, -0.1) is 11.3 Å². The van der Waals surface area contributed by atoms with Crippen molar-refractivity contribution in [1.29, 1.82) is 5.26 Å². The molecule has 1 N–H and O–H groups in total. The number of hydrogen-bond acceptors (Lipinski definition) is 6. The van der Waals surface area contributed by atoms with Crippen molar-refractivity contribution < 1.29 is 14.6 Å². The van der Waals surface area contributed by atoms with Crippen LogP contribution < -0.4 is 0 Å². The first kappa shape index (κ1) is 16.9. The second-order valence-electron chi connectivity index (χ2n) is 5.18. The largest absolute Gasteiger partial charge is 0.389 e. The van der Waals surface area contributed by atoms with E-state index in [2.05, 4.69) is 11.0 Å². The number of hydrogen-bond donors (Lipinski definition) is 1. The summed E-state index contributed by atoms with van der Waals surface area (Å²) in [5.74, 6) is -0.0685. The molecule has 1 aromatic heterocycles. The van der Waals surface area contributed by atoms with Crippen LogP contribution in [0.1, 0.15) is 22.2 Å². The summed E-state index contributed by atoms with van der Waals surface area (Å²) in [7, 11) is 0. The van der Waals surface area contributed by atoms with Gasteiger partial charge in [-0.05, 0) is 18.4 Å². The topological polar surface area (TPSA) is 76.8 Å². The Labute approximate surface area is 134 Å². The second-order valence-corrected chi connectivity index (χ2v) is 6.10. The van der Waals surface area contributed by atoms with E-state index in [1.54, 1.807) is 16.3 Å². The zero-order chi connectivity index (χ0) is 15.9. The monoisotopic (exact) mass is 323 g/mol. The molecule has 0 saturated carbocycles. The first-order valence-corrected chi connectivity index (χ1v) is 8.28. The average molecular weight is 323 g/mol. The first-order valence-electron chi connectivity index (χ1n) is 7.40. The van der Waals surface area contributed by atoms with Gasteiger partial charge in [0.15, 0.2) is 0 Å². The molecule has 0 spiro atoms. The summed E-state index contributed by atoms with van der Waals surface area (Å²) >= 11 is 1.31. The number of rotatable bonds is 6. The molecule has 120 valence electrons. The summed E-state index contributed by atoms with van der Waals surface area (Å²) in [6.07, 6.45) is -0.496. The summed E-state index contributed by atoms with van der Waals surface area (Å²) in [4.78, 5) is 16.8. The van der Waals surface area contributed by atoms with Crippen molar-refractivity contribution in [1.82, 2.24) is 9.80 Å². The normalized spacial score (nSPS) is 17.2. The van der Waals surface area contributed by atoms with Gasteiger partial charge in [0.05, 0.1) is 18.3 Å². The molecule has 1 atom stereocenters. The third-order valence-electron chi connectivity index (χ3n) is 3.62. The number of amides is 1. The fourth-order valence-corrected chi connectivity index (χ4v) is 3.26. The minimum absolute atomic E-state index is 0.0685. The van der Waals surface area contributed by atoms with E-state index in [1.807, 2.05) is 6.92 Å². The van der Waals surface area contributed by atoms with Gasteiger partial charge in [0.1, 0.15) is 10.9 Å². The lowest BCUT2D eigenvalue weighted by Crippen LogP contribution is -2.50. The number of thiophene rings is 1. The minimum atomic E-state index is -0.496. The fourth-order valence-electron chi connectivity index (χ4n) is 2.44. The number of β-amino-alcohol motifs (C(OH)–C–C–N with tert-alkyl or cyclic N) is 1. The van der Waals surface area contributed by atoms with Crippen LogP contribution in [0, 0.1) is 11.3 Å². The van der Waals surface area contributed by atoms with E-state index in [9.17, 15) is 9.90 Å². The van der Waals surface area contributed by atoms with E-state index < -0.39 is 6.10 Å². The summed E-state index contributed by atoms with van der Waals surface area (Å²) in [6.45, 7) is 6.08. The van der Waals surface area contributed by atoms with Crippen LogP contribution in [0.15, 0.2) is 11.4 Å². The van der Waals surface area contributed by atoms with Crippen LogP contribution in [0.4, 0.5) is 0 Å². The Morgan fingerprint density at radius 1 is 1.50 bits per heavy atom. The number of aliphatic hydroxyl groups is 1. The van der Waals surface area contributed by atoms with Crippen LogP contribution in [0.5, 0.6) is 0 Å². The van der Waals surface area contributed by atoms with E-state index in [-0.39, 0.29) is 5.91 Å². The molecule has 6 nitrogen and oxygen atoms in total. The van der Waals surface area contributed by atoms with Crippen molar-refractivity contribution in [3.8, 4) is 6.07 Å².